The van der Waals surface area contributed by atoms with Crippen molar-refractivity contribution in [3.05, 3.63) is 60.2 Å². The monoisotopic (exact) mass is 416 g/mol. The van der Waals surface area contributed by atoms with Gasteiger partial charge in [-0.1, -0.05) is 48.2 Å². The average molecular weight is 417 g/mol. The molecule has 2 unspecified atom stereocenters. The molecule has 2 aromatic rings. The lowest BCUT2D eigenvalue weighted by atomic mass is 10.1. The fourth-order valence-electron chi connectivity index (χ4n) is 3.54. The van der Waals surface area contributed by atoms with Crippen molar-refractivity contribution < 1.29 is 17.9 Å². The second-order valence-corrected chi connectivity index (χ2v) is 10.2. The van der Waals surface area contributed by atoms with E-state index in [9.17, 15) is 13.2 Å². The molecule has 0 radical (unpaired) electrons. The molecule has 0 aromatic heterocycles. The highest BCUT2D eigenvalue weighted by molar-refractivity contribution is 8.16. The number of anilines is 1. The number of carbonyl (C=O) groups excluding carboxylic acids is 1. The summed E-state index contributed by atoms with van der Waals surface area (Å²) in [6, 6.07) is 16.6. The zero-order valence-corrected chi connectivity index (χ0v) is 16.9. The fraction of sp³-hybridized carbons (Fsp3) is 0.300. The summed E-state index contributed by atoms with van der Waals surface area (Å²) < 4.78 is 29.6. The second-order valence-electron chi connectivity index (χ2n) is 6.82. The third kappa shape index (κ3) is 3.93. The summed E-state index contributed by atoms with van der Waals surface area (Å²) in [5.74, 6) is 0.592. The van der Waals surface area contributed by atoms with Crippen LogP contribution in [-0.4, -0.2) is 49.4 Å². The van der Waals surface area contributed by atoms with Crippen LogP contribution in [-0.2, 0) is 21.1 Å². The molecule has 6 nitrogen and oxygen atoms in total. The van der Waals surface area contributed by atoms with Crippen molar-refractivity contribution in [1.82, 2.24) is 0 Å². The first-order chi connectivity index (χ1) is 13.4. The number of benzene rings is 2. The second kappa shape index (κ2) is 7.60. The highest BCUT2D eigenvalue weighted by Crippen LogP contribution is 2.41. The molecule has 4 rings (SSSR count). The van der Waals surface area contributed by atoms with Gasteiger partial charge in [0.1, 0.15) is 5.75 Å². The van der Waals surface area contributed by atoms with Gasteiger partial charge in [-0.05, 0) is 17.7 Å². The molecule has 28 heavy (non-hydrogen) atoms. The standard InChI is InChI=1S/C20H20N2O4S2/c1-26-16-9-5-8-15(11-16)22-17-12-28(24,25)13-18(17)27-20(22)21-19(23)10-14-6-3-2-4-7-14/h2-9,11,17-18H,10,12-13H2,1H3. The Labute approximate surface area is 168 Å². The minimum atomic E-state index is -3.10. The Morgan fingerprint density at radius 1 is 1.18 bits per heavy atom. The first-order valence-electron chi connectivity index (χ1n) is 8.91. The number of carbonyl (C=O) groups is 1. The Bertz CT molecular complexity index is 1020. The van der Waals surface area contributed by atoms with Gasteiger partial charge < -0.3 is 9.64 Å². The van der Waals surface area contributed by atoms with Crippen molar-refractivity contribution in [3.63, 3.8) is 0 Å². The molecule has 8 heteroatoms. The van der Waals surface area contributed by atoms with Crippen molar-refractivity contribution in [3.8, 4) is 5.75 Å². The van der Waals surface area contributed by atoms with E-state index in [1.165, 1.54) is 11.8 Å². The molecule has 2 aliphatic rings. The van der Waals surface area contributed by atoms with E-state index in [1.54, 1.807) is 7.11 Å². The van der Waals surface area contributed by atoms with E-state index in [0.29, 0.717) is 10.9 Å². The Morgan fingerprint density at radius 2 is 1.96 bits per heavy atom. The molecule has 0 saturated carbocycles. The lowest BCUT2D eigenvalue weighted by Crippen LogP contribution is -2.37. The number of amides is 1. The largest absolute Gasteiger partial charge is 0.497 e. The minimum absolute atomic E-state index is 0.0633. The molecular formula is C20H20N2O4S2. The number of methoxy groups -OCH3 is 1. The third-order valence-electron chi connectivity index (χ3n) is 4.82. The highest BCUT2D eigenvalue weighted by Gasteiger charge is 2.49. The summed E-state index contributed by atoms with van der Waals surface area (Å²) in [6.45, 7) is 0. The first-order valence-corrected chi connectivity index (χ1v) is 11.6. The van der Waals surface area contributed by atoms with E-state index in [1.807, 2.05) is 59.5 Å². The number of ether oxygens (including phenoxy) is 1. The van der Waals surface area contributed by atoms with Crippen LogP contribution < -0.4 is 9.64 Å². The predicted octanol–water partition coefficient (Wildman–Crippen LogP) is 2.54. The molecule has 0 spiro atoms. The van der Waals surface area contributed by atoms with Crippen molar-refractivity contribution >= 4 is 38.4 Å². The van der Waals surface area contributed by atoms with E-state index >= 15 is 0 Å². The molecule has 0 aliphatic carbocycles. The number of thioether (sulfide) groups is 1. The molecule has 0 N–H and O–H groups in total. The maximum absolute atomic E-state index is 12.5. The normalized spacial score (nSPS) is 24.3. The lowest BCUT2D eigenvalue weighted by molar-refractivity contribution is -0.117. The number of hydrogen-bond acceptors (Lipinski definition) is 5. The van der Waals surface area contributed by atoms with Crippen LogP contribution in [0.25, 0.3) is 0 Å². The molecule has 2 heterocycles. The molecule has 2 aromatic carbocycles. The summed E-state index contributed by atoms with van der Waals surface area (Å²) in [7, 11) is -1.51. The average Bonchev–Trinajstić information content (AvgIpc) is 3.13. The summed E-state index contributed by atoms with van der Waals surface area (Å²) in [5, 5.41) is 0.429. The van der Waals surface area contributed by atoms with Crippen LogP contribution in [0.15, 0.2) is 59.6 Å². The molecular weight excluding hydrogens is 396 g/mol. The zero-order chi connectivity index (χ0) is 19.7. The summed E-state index contributed by atoms with van der Waals surface area (Å²) in [6.07, 6.45) is 0.213. The van der Waals surface area contributed by atoms with Gasteiger partial charge in [-0.2, -0.15) is 4.99 Å². The maximum Gasteiger partial charge on any atom is 0.252 e. The number of nitrogens with zero attached hydrogens (tertiary/aromatic N) is 2. The summed E-state index contributed by atoms with van der Waals surface area (Å²) in [5.41, 5.74) is 1.68. The summed E-state index contributed by atoms with van der Waals surface area (Å²) in [4.78, 5) is 18.8. The number of fused-ring (bicyclic) bond motifs is 1. The fourth-order valence-corrected chi connectivity index (χ4v) is 7.47. The Morgan fingerprint density at radius 3 is 2.71 bits per heavy atom. The summed E-state index contributed by atoms with van der Waals surface area (Å²) >= 11 is 1.37. The molecule has 146 valence electrons. The molecule has 2 aliphatic heterocycles. The Kier molecular flexibility index (Phi) is 5.16. The van der Waals surface area contributed by atoms with Gasteiger partial charge >= 0.3 is 0 Å². The SMILES string of the molecule is COc1cccc(N2C(=NC(=O)Cc3ccccc3)SC3CS(=O)(=O)CC32)c1. The van der Waals surface area contributed by atoms with Gasteiger partial charge in [0.2, 0.25) is 0 Å². The quantitative estimate of drug-likeness (QED) is 0.762. The van der Waals surface area contributed by atoms with Crippen LogP contribution >= 0.6 is 11.8 Å². The topological polar surface area (TPSA) is 76.0 Å². The van der Waals surface area contributed by atoms with Gasteiger partial charge in [-0.25, -0.2) is 8.42 Å². The number of rotatable bonds is 4. The van der Waals surface area contributed by atoms with Gasteiger partial charge in [0.05, 0.1) is 31.1 Å². The van der Waals surface area contributed by atoms with Crippen LogP contribution in [0.4, 0.5) is 5.69 Å². The van der Waals surface area contributed by atoms with Gasteiger partial charge in [0.25, 0.3) is 5.91 Å². The van der Waals surface area contributed by atoms with Gasteiger partial charge in [-0.15, -0.1) is 0 Å². The number of hydrogen-bond donors (Lipinski definition) is 0. The predicted molar refractivity (Wildman–Crippen MR) is 112 cm³/mol. The zero-order valence-electron chi connectivity index (χ0n) is 15.3. The smallest absolute Gasteiger partial charge is 0.252 e. The first kappa shape index (κ1) is 19.0. The van der Waals surface area contributed by atoms with E-state index in [0.717, 1.165) is 11.3 Å². The van der Waals surface area contributed by atoms with Crippen molar-refractivity contribution in [1.29, 1.82) is 0 Å². The Hall–Kier alpha value is -2.32. The maximum atomic E-state index is 12.5. The molecule has 2 fully saturated rings. The molecule has 1 amide bonds. The minimum Gasteiger partial charge on any atom is -0.497 e. The van der Waals surface area contributed by atoms with Gasteiger partial charge in [0, 0.05) is 17.0 Å². The van der Waals surface area contributed by atoms with Crippen molar-refractivity contribution in [2.45, 2.75) is 17.7 Å². The van der Waals surface area contributed by atoms with E-state index in [-0.39, 0.29) is 35.1 Å². The van der Waals surface area contributed by atoms with E-state index in [2.05, 4.69) is 4.99 Å². The van der Waals surface area contributed by atoms with Crippen LogP contribution in [0, 0.1) is 0 Å². The van der Waals surface area contributed by atoms with Gasteiger partial charge in [-0.3, -0.25) is 4.79 Å². The highest BCUT2D eigenvalue weighted by atomic mass is 32.2. The van der Waals surface area contributed by atoms with Crippen LogP contribution in [0.3, 0.4) is 0 Å². The van der Waals surface area contributed by atoms with Crippen molar-refractivity contribution in [2.75, 3.05) is 23.5 Å². The van der Waals surface area contributed by atoms with E-state index < -0.39 is 9.84 Å². The lowest BCUT2D eigenvalue weighted by Gasteiger charge is -2.24. The molecule has 0 bridgehead atoms. The molecule has 2 saturated heterocycles. The van der Waals surface area contributed by atoms with Crippen LogP contribution in [0.5, 0.6) is 5.75 Å². The van der Waals surface area contributed by atoms with Crippen LogP contribution in [0.1, 0.15) is 5.56 Å². The van der Waals surface area contributed by atoms with Crippen molar-refractivity contribution in [2.24, 2.45) is 4.99 Å². The number of amidine groups is 1. The van der Waals surface area contributed by atoms with Gasteiger partial charge in [0.15, 0.2) is 15.0 Å². The Balaban J connectivity index is 1.66. The number of aliphatic imine (C=N–C) groups is 1. The van der Waals surface area contributed by atoms with Crippen LogP contribution in [0.2, 0.25) is 0 Å². The molecule has 2 atom stereocenters. The number of sulfone groups is 1. The third-order valence-corrected chi connectivity index (χ3v) is 8.03. The van der Waals surface area contributed by atoms with E-state index in [4.69, 9.17) is 4.74 Å².